The van der Waals surface area contributed by atoms with Crippen LogP contribution in [-0.4, -0.2) is 33.0 Å². The molecule has 0 spiro atoms. The second kappa shape index (κ2) is 7.75. The second-order valence-electron chi connectivity index (χ2n) is 5.90. The summed E-state index contributed by atoms with van der Waals surface area (Å²) in [5.74, 6) is -0.560. The Hall–Kier alpha value is -2.94. The third-order valence-corrected chi connectivity index (χ3v) is 5.86. The molecular weight excluding hydrogens is 372 g/mol. The average Bonchev–Trinajstić information content (AvgIpc) is 2.61. The molecule has 0 aliphatic carbocycles. The molecule has 0 saturated carbocycles. The highest BCUT2D eigenvalue weighted by Gasteiger charge is 2.26. The number of rotatable bonds is 6. The maximum Gasteiger partial charge on any atom is 0.338 e. The molecule has 0 N–H and O–H groups in total. The van der Waals surface area contributed by atoms with Gasteiger partial charge in [0.2, 0.25) is 0 Å². The minimum atomic E-state index is -4.07. The van der Waals surface area contributed by atoms with E-state index in [0.29, 0.717) is 11.1 Å². The van der Waals surface area contributed by atoms with Gasteiger partial charge in [0, 0.05) is 18.7 Å². The number of nitro groups is 1. The van der Waals surface area contributed by atoms with Crippen molar-refractivity contribution in [2.75, 3.05) is 18.0 Å². The van der Waals surface area contributed by atoms with E-state index in [1.807, 2.05) is 0 Å². The summed E-state index contributed by atoms with van der Waals surface area (Å²) in [6, 6.07) is 8.33. The van der Waals surface area contributed by atoms with Crippen LogP contribution in [0.1, 0.15) is 28.4 Å². The van der Waals surface area contributed by atoms with Gasteiger partial charge in [-0.15, -0.1) is 0 Å². The number of sulfonamides is 1. The van der Waals surface area contributed by atoms with Crippen molar-refractivity contribution in [3.05, 3.63) is 63.2 Å². The Kier molecular flexibility index (Phi) is 5.85. The van der Waals surface area contributed by atoms with Crippen LogP contribution in [0, 0.1) is 24.0 Å². The van der Waals surface area contributed by atoms with E-state index in [1.54, 1.807) is 26.0 Å². The van der Waals surface area contributed by atoms with E-state index in [2.05, 4.69) is 0 Å². The molecule has 0 aliphatic heterocycles. The minimum absolute atomic E-state index is 0.198. The molecule has 27 heavy (non-hydrogen) atoms. The summed E-state index contributed by atoms with van der Waals surface area (Å²) in [6.07, 6.45) is 0. The SMILES string of the molecule is CCOC(=O)c1ccc(C)c(N(C)S(=O)(=O)c2ccc(C)c([N+](=O)[O-])c2)c1. The molecule has 0 bridgehead atoms. The Morgan fingerprint density at radius 3 is 2.37 bits per heavy atom. The maximum atomic E-state index is 13.0. The molecule has 9 heteroatoms. The number of nitrogens with zero attached hydrogens (tertiary/aromatic N) is 2. The van der Waals surface area contributed by atoms with Crippen LogP contribution < -0.4 is 4.31 Å². The summed E-state index contributed by atoms with van der Waals surface area (Å²) in [5.41, 5.74) is 1.21. The lowest BCUT2D eigenvalue weighted by molar-refractivity contribution is -0.385. The monoisotopic (exact) mass is 392 g/mol. The van der Waals surface area contributed by atoms with E-state index in [1.165, 1.54) is 32.2 Å². The lowest BCUT2D eigenvalue weighted by atomic mass is 10.1. The number of anilines is 1. The number of nitro benzene ring substituents is 1. The molecule has 0 amide bonds. The Labute approximate surface area is 157 Å². The minimum Gasteiger partial charge on any atom is -0.462 e. The van der Waals surface area contributed by atoms with Crippen molar-refractivity contribution in [2.24, 2.45) is 0 Å². The quantitative estimate of drug-likeness (QED) is 0.424. The second-order valence-corrected chi connectivity index (χ2v) is 7.87. The smallest absolute Gasteiger partial charge is 0.338 e. The third-order valence-electron chi connectivity index (χ3n) is 4.10. The molecule has 2 aromatic rings. The van der Waals surface area contributed by atoms with Crippen LogP contribution in [0.3, 0.4) is 0 Å². The lowest BCUT2D eigenvalue weighted by Gasteiger charge is -2.22. The summed E-state index contributed by atoms with van der Waals surface area (Å²) in [7, 11) is -2.73. The Morgan fingerprint density at radius 1 is 1.15 bits per heavy atom. The van der Waals surface area contributed by atoms with E-state index < -0.39 is 20.9 Å². The van der Waals surface area contributed by atoms with Crippen LogP contribution in [0.2, 0.25) is 0 Å². The fraction of sp³-hybridized carbons (Fsp3) is 0.278. The Bertz CT molecular complexity index is 1000. The van der Waals surface area contributed by atoms with Gasteiger partial charge < -0.3 is 4.74 Å². The van der Waals surface area contributed by atoms with Crippen molar-refractivity contribution in [3.63, 3.8) is 0 Å². The van der Waals surface area contributed by atoms with Crippen LogP contribution >= 0.6 is 0 Å². The van der Waals surface area contributed by atoms with Crippen molar-refractivity contribution in [3.8, 4) is 0 Å². The van der Waals surface area contributed by atoms with E-state index in [-0.39, 0.29) is 28.4 Å². The highest BCUT2D eigenvalue weighted by atomic mass is 32.2. The number of esters is 1. The third kappa shape index (κ3) is 4.08. The first-order chi connectivity index (χ1) is 12.6. The van der Waals surface area contributed by atoms with E-state index >= 15 is 0 Å². The van der Waals surface area contributed by atoms with Crippen LogP contribution in [-0.2, 0) is 14.8 Å². The summed E-state index contributed by atoms with van der Waals surface area (Å²) in [6.45, 7) is 5.11. The number of ether oxygens (including phenoxy) is 1. The molecule has 2 rings (SSSR count). The summed E-state index contributed by atoms with van der Waals surface area (Å²) < 4.78 is 31.9. The number of carbonyl (C=O) groups is 1. The number of carbonyl (C=O) groups excluding carboxylic acids is 1. The highest BCUT2D eigenvalue weighted by Crippen LogP contribution is 2.29. The largest absolute Gasteiger partial charge is 0.462 e. The van der Waals surface area contributed by atoms with Crippen molar-refractivity contribution in [1.29, 1.82) is 0 Å². The number of hydrogen-bond acceptors (Lipinski definition) is 6. The van der Waals surface area contributed by atoms with Gasteiger partial charge in [0.25, 0.3) is 15.7 Å². The van der Waals surface area contributed by atoms with Crippen molar-refractivity contribution in [2.45, 2.75) is 25.7 Å². The molecule has 2 aromatic carbocycles. The van der Waals surface area contributed by atoms with E-state index in [4.69, 9.17) is 4.74 Å². The molecule has 0 unspecified atom stereocenters. The molecule has 0 saturated heterocycles. The van der Waals surface area contributed by atoms with Crippen LogP contribution in [0.4, 0.5) is 11.4 Å². The first kappa shape index (κ1) is 20.4. The Morgan fingerprint density at radius 2 is 1.78 bits per heavy atom. The highest BCUT2D eigenvalue weighted by molar-refractivity contribution is 7.92. The van der Waals surface area contributed by atoms with E-state index in [9.17, 15) is 23.3 Å². The molecule has 0 fully saturated rings. The first-order valence-electron chi connectivity index (χ1n) is 8.11. The summed E-state index contributed by atoms with van der Waals surface area (Å²) >= 11 is 0. The van der Waals surface area contributed by atoms with Gasteiger partial charge in [-0.3, -0.25) is 14.4 Å². The van der Waals surface area contributed by atoms with Crippen molar-refractivity contribution >= 4 is 27.4 Å². The number of hydrogen-bond donors (Lipinski definition) is 0. The standard InChI is InChI=1S/C18H20N2O6S/c1-5-26-18(21)14-8-6-12(2)16(10-14)19(4)27(24,25)15-9-7-13(3)17(11-15)20(22)23/h6-11H,5H2,1-4H3. The van der Waals surface area contributed by atoms with Gasteiger partial charge in [-0.1, -0.05) is 12.1 Å². The molecule has 144 valence electrons. The molecule has 0 heterocycles. The van der Waals surface area contributed by atoms with Crippen LogP contribution in [0.5, 0.6) is 0 Å². The van der Waals surface area contributed by atoms with Crippen molar-refractivity contribution in [1.82, 2.24) is 0 Å². The van der Waals surface area contributed by atoms with Crippen molar-refractivity contribution < 1.29 is 22.9 Å². The van der Waals surface area contributed by atoms with Gasteiger partial charge >= 0.3 is 5.97 Å². The zero-order chi connectivity index (χ0) is 20.4. The van der Waals surface area contributed by atoms with Gasteiger partial charge in [0.05, 0.1) is 27.7 Å². The van der Waals surface area contributed by atoms with Crippen LogP contribution in [0.25, 0.3) is 0 Å². The number of benzene rings is 2. The molecular formula is C18H20N2O6S. The summed E-state index contributed by atoms with van der Waals surface area (Å²) in [5, 5.41) is 11.1. The normalized spacial score (nSPS) is 11.1. The van der Waals surface area contributed by atoms with Gasteiger partial charge in [-0.25, -0.2) is 13.2 Å². The number of aryl methyl sites for hydroxylation is 2. The average molecular weight is 392 g/mol. The van der Waals surface area contributed by atoms with Crippen LogP contribution in [0.15, 0.2) is 41.3 Å². The first-order valence-corrected chi connectivity index (χ1v) is 9.55. The lowest BCUT2D eigenvalue weighted by Crippen LogP contribution is -2.27. The van der Waals surface area contributed by atoms with Gasteiger partial charge in [-0.2, -0.15) is 0 Å². The Balaban J connectivity index is 2.52. The van der Waals surface area contributed by atoms with Gasteiger partial charge in [0.15, 0.2) is 0 Å². The maximum absolute atomic E-state index is 13.0. The predicted molar refractivity (Wildman–Crippen MR) is 101 cm³/mol. The fourth-order valence-corrected chi connectivity index (χ4v) is 3.80. The predicted octanol–water partition coefficient (Wildman–Crippen LogP) is 3.21. The molecule has 8 nitrogen and oxygen atoms in total. The molecule has 0 aliphatic rings. The molecule has 0 aromatic heterocycles. The molecule has 0 radical (unpaired) electrons. The van der Waals surface area contributed by atoms with Gasteiger partial charge in [0.1, 0.15) is 0 Å². The fourth-order valence-electron chi connectivity index (χ4n) is 2.52. The molecule has 0 atom stereocenters. The zero-order valence-corrected chi connectivity index (χ0v) is 16.2. The van der Waals surface area contributed by atoms with Gasteiger partial charge in [-0.05, 0) is 44.5 Å². The zero-order valence-electron chi connectivity index (χ0n) is 15.4. The van der Waals surface area contributed by atoms with E-state index in [0.717, 1.165) is 10.4 Å². The summed E-state index contributed by atoms with van der Waals surface area (Å²) in [4.78, 5) is 22.2. The topological polar surface area (TPSA) is 107 Å².